The number of hydrogen-bond donors (Lipinski definition) is 1. The van der Waals surface area contributed by atoms with Crippen molar-refractivity contribution in [3.63, 3.8) is 0 Å². The van der Waals surface area contributed by atoms with Crippen LogP contribution in [0, 0.1) is 5.92 Å². The summed E-state index contributed by atoms with van der Waals surface area (Å²) in [6.07, 6.45) is 5.55. The highest BCUT2D eigenvalue weighted by Gasteiger charge is 2.20. The minimum absolute atomic E-state index is 0.290. The molecule has 1 saturated carbocycles. The van der Waals surface area contributed by atoms with Crippen LogP contribution in [0.3, 0.4) is 0 Å². The monoisotopic (exact) mass is 247 g/mol. The van der Waals surface area contributed by atoms with E-state index >= 15 is 0 Å². The standard InChI is InChI=1S/C15H21NO2/c17-15(16-11-4-7-14-8-9-14)18-12-10-13-5-2-1-3-6-13/h1-3,5-6,14H,4,7-12H2,(H,16,17). The van der Waals surface area contributed by atoms with Crippen molar-refractivity contribution in [3.8, 4) is 0 Å². The quantitative estimate of drug-likeness (QED) is 0.752. The number of nitrogens with one attached hydrogen (secondary N) is 1. The molecule has 0 aromatic heterocycles. The molecule has 0 spiro atoms. The van der Waals surface area contributed by atoms with Crippen molar-refractivity contribution in [2.75, 3.05) is 13.2 Å². The van der Waals surface area contributed by atoms with Crippen molar-refractivity contribution in [2.24, 2.45) is 5.92 Å². The first kappa shape index (κ1) is 12.9. The van der Waals surface area contributed by atoms with Crippen LogP contribution in [-0.2, 0) is 11.2 Å². The van der Waals surface area contributed by atoms with E-state index in [-0.39, 0.29) is 6.09 Å². The molecule has 0 heterocycles. The predicted molar refractivity (Wildman–Crippen MR) is 71.5 cm³/mol. The largest absolute Gasteiger partial charge is 0.449 e. The Morgan fingerprint density at radius 1 is 1.28 bits per heavy atom. The van der Waals surface area contributed by atoms with E-state index < -0.39 is 0 Å². The van der Waals surface area contributed by atoms with Gasteiger partial charge in [0, 0.05) is 13.0 Å². The lowest BCUT2D eigenvalue weighted by atomic mass is 10.2. The van der Waals surface area contributed by atoms with Crippen LogP contribution in [0.25, 0.3) is 0 Å². The van der Waals surface area contributed by atoms with Crippen molar-refractivity contribution in [3.05, 3.63) is 35.9 Å². The summed E-state index contributed by atoms with van der Waals surface area (Å²) in [4.78, 5) is 11.4. The van der Waals surface area contributed by atoms with E-state index in [9.17, 15) is 4.79 Å². The minimum atomic E-state index is -0.290. The molecular weight excluding hydrogens is 226 g/mol. The lowest BCUT2D eigenvalue weighted by Crippen LogP contribution is -2.26. The Bertz CT molecular complexity index is 360. The van der Waals surface area contributed by atoms with Gasteiger partial charge in [-0.2, -0.15) is 0 Å². The summed E-state index contributed by atoms with van der Waals surface area (Å²) in [6, 6.07) is 10.0. The zero-order valence-corrected chi connectivity index (χ0v) is 10.7. The van der Waals surface area contributed by atoms with Crippen molar-refractivity contribution in [1.82, 2.24) is 5.32 Å². The Balaban J connectivity index is 1.49. The molecule has 98 valence electrons. The minimum Gasteiger partial charge on any atom is -0.449 e. The van der Waals surface area contributed by atoms with Crippen LogP contribution in [0.4, 0.5) is 4.79 Å². The third-order valence-electron chi connectivity index (χ3n) is 3.22. The Labute approximate surface area is 109 Å². The number of amides is 1. The first-order valence-corrected chi connectivity index (χ1v) is 6.79. The Morgan fingerprint density at radius 3 is 2.78 bits per heavy atom. The predicted octanol–water partition coefficient (Wildman–Crippen LogP) is 3.15. The smallest absolute Gasteiger partial charge is 0.407 e. The molecule has 1 aliphatic carbocycles. The van der Waals surface area contributed by atoms with Gasteiger partial charge < -0.3 is 10.1 Å². The average molecular weight is 247 g/mol. The van der Waals surface area contributed by atoms with Crippen LogP contribution in [0.1, 0.15) is 31.2 Å². The molecule has 3 heteroatoms. The number of carbonyl (C=O) groups is 1. The van der Waals surface area contributed by atoms with E-state index in [0.717, 1.165) is 25.3 Å². The lowest BCUT2D eigenvalue weighted by molar-refractivity contribution is 0.147. The number of ether oxygens (including phenoxy) is 1. The molecule has 0 unspecified atom stereocenters. The van der Waals surface area contributed by atoms with Gasteiger partial charge in [0.25, 0.3) is 0 Å². The summed E-state index contributed by atoms with van der Waals surface area (Å²) in [7, 11) is 0. The summed E-state index contributed by atoms with van der Waals surface area (Å²) in [6.45, 7) is 1.18. The molecule has 3 nitrogen and oxygen atoms in total. The van der Waals surface area contributed by atoms with Crippen molar-refractivity contribution in [2.45, 2.75) is 32.1 Å². The van der Waals surface area contributed by atoms with E-state index in [4.69, 9.17) is 4.74 Å². The molecule has 0 bridgehead atoms. The van der Waals surface area contributed by atoms with E-state index in [0.29, 0.717) is 6.61 Å². The summed E-state index contributed by atoms with van der Waals surface area (Å²) in [5, 5.41) is 2.79. The molecule has 0 atom stereocenters. The maximum atomic E-state index is 11.4. The molecule has 1 aromatic carbocycles. The van der Waals surface area contributed by atoms with Gasteiger partial charge in [0.2, 0.25) is 0 Å². The van der Waals surface area contributed by atoms with Gasteiger partial charge in [-0.15, -0.1) is 0 Å². The zero-order valence-electron chi connectivity index (χ0n) is 10.7. The summed E-state index contributed by atoms with van der Waals surface area (Å²) in [5.41, 5.74) is 1.19. The topological polar surface area (TPSA) is 38.3 Å². The fraction of sp³-hybridized carbons (Fsp3) is 0.533. The summed E-state index contributed by atoms with van der Waals surface area (Å²) in [5.74, 6) is 0.931. The first-order chi connectivity index (χ1) is 8.84. The van der Waals surface area contributed by atoms with Crippen molar-refractivity contribution >= 4 is 6.09 Å². The molecule has 1 aliphatic rings. The van der Waals surface area contributed by atoms with Crippen LogP contribution in [0.15, 0.2) is 30.3 Å². The van der Waals surface area contributed by atoms with Gasteiger partial charge >= 0.3 is 6.09 Å². The SMILES string of the molecule is O=C(NCCCC1CC1)OCCc1ccccc1. The maximum absolute atomic E-state index is 11.4. The number of alkyl carbamates (subject to hydrolysis) is 1. The van der Waals surface area contributed by atoms with Crippen LogP contribution in [-0.4, -0.2) is 19.2 Å². The average Bonchev–Trinajstić information content (AvgIpc) is 3.20. The van der Waals surface area contributed by atoms with Gasteiger partial charge in [-0.25, -0.2) is 4.79 Å². The van der Waals surface area contributed by atoms with Gasteiger partial charge in [0.15, 0.2) is 0 Å². The molecule has 1 fully saturated rings. The second-order valence-corrected chi connectivity index (χ2v) is 4.88. The number of benzene rings is 1. The Kier molecular flexibility index (Phi) is 5.06. The van der Waals surface area contributed by atoms with Crippen LogP contribution in [0.2, 0.25) is 0 Å². The highest BCUT2D eigenvalue weighted by molar-refractivity contribution is 5.67. The summed E-state index contributed by atoms with van der Waals surface area (Å²) >= 11 is 0. The normalized spacial score (nSPS) is 14.2. The zero-order chi connectivity index (χ0) is 12.6. The van der Waals surface area contributed by atoms with Crippen LogP contribution < -0.4 is 5.32 Å². The van der Waals surface area contributed by atoms with Gasteiger partial charge in [0.05, 0.1) is 6.61 Å². The summed E-state index contributed by atoms with van der Waals surface area (Å²) < 4.78 is 5.12. The Morgan fingerprint density at radius 2 is 2.06 bits per heavy atom. The number of carbonyl (C=O) groups excluding carboxylic acids is 1. The second kappa shape index (κ2) is 7.04. The van der Waals surface area contributed by atoms with E-state index in [1.54, 1.807) is 0 Å². The first-order valence-electron chi connectivity index (χ1n) is 6.79. The third kappa shape index (κ3) is 5.21. The van der Waals surface area contributed by atoms with E-state index in [1.165, 1.54) is 24.8 Å². The molecule has 1 N–H and O–H groups in total. The second-order valence-electron chi connectivity index (χ2n) is 4.88. The maximum Gasteiger partial charge on any atom is 0.407 e. The highest BCUT2D eigenvalue weighted by Crippen LogP contribution is 2.33. The van der Waals surface area contributed by atoms with Gasteiger partial charge in [-0.05, 0) is 24.3 Å². The molecule has 0 saturated heterocycles. The van der Waals surface area contributed by atoms with Gasteiger partial charge in [0.1, 0.15) is 0 Å². The molecule has 0 radical (unpaired) electrons. The highest BCUT2D eigenvalue weighted by atomic mass is 16.5. The fourth-order valence-electron chi connectivity index (χ4n) is 1.95. The Hall–Kier alpha value is -1.51. The molecular formula is C15H21NO2. The van der Waals surface area contributed by atoms with Gasteiger partial charge in [-0.1, -0.05) is 43.2 Å². The number of rotatable bonds is 7. The van der Waals surface area contributed by atoms with Crippen molar-refractivity contribution in [1.29, 1.82) is 0 Å². The molecule has 18 heavy (non-hydrogen) atoms. The third-order valence-corrected chi connectivity index (χ3v) is 3.22. The lowest BCUT2D eigenvalue weighted by Gasteiger charge is -2.06. The van der Waals surface area contributed by atoms with E-state index in [1.807, 2.05) is 30.3 Å². The molecule has 1 amide bonds. The van der Waals surface area contributed by atoms with E-state index in [2.05, 4.69) is 5.32 Å². The van der Waals surface area contributed by atoms with Crippen LogP contribution in [0.5, 0.6) is 0 Å². The molecule has 1 aromatic rings. The van der Waals surface area contributed by atoms with Crippen LogP contribution >= 0.6 is 0 Å². The number of hydrogen-bond acceptors (Lipinski definition) is 2. The molecule has 0 aliphatic heterocycles. The molecule has 2 rings (SSSR count). The fourth-order valence-corrected chi connectivity index (χ4v) is 1.95. The van der Waals surface area contributed by atoms with Gasteiger partial charge in [-0.3, -0.25) is 0 Å². The van der Waals surface area contributed by atoms with Crippen molar-refractivity contribution < 1.29 is 9.53 Å².